The predicted molar refractivity (Wildman–Crippen MR) is 45.8 cm³/mol. The number of rotatable bonds is 4. The Morgan fingerprint density at radius 1 is 1.17 bits per heavy atom. The van der Waals surface area contributed by atoms with E-state index in [1.54, 1.807) is 0 Å². The summed E-state index contributed by atoms with van der Waals surface area (Å²) in [6.45, 7) is 0. The molecule has 0 radical (unpaired) electrons. The van der Waals surface area contributed by atoms with Crippen molar-refractivity contribution in [2.24, 2.45) is 0 Å². The lowest BCUT2D eigenvalue weighted by Crippen LogP contribution is -2.53. The minimum Gasteiger partial charge on any atom is -0.481 e. The first-order chi connectivity index (χ1) is 7.96. The largest absolute Gasteiger partial charge is 0.481 e. The first-order valence-electron chi connectivity index (χ1n) is 4.99. The number of carboxylic acids is 1. The molecule has 0 aliphatic heterocycles. The summed E-state index contributed by atoms with van der Waals surface area (Å²) in [6.07, 6.45) is -15.9. The van der Waals surface area contributed by atoms with Crippen LogP contribution in [0, 0.1) is 0 Å². The van der Waals surface area contributed by atoms with Crippen molar-refractivity contribution in [2.45, 2.75) is 49.7 Å². The third-order valence-corrected chi connectivity index (χ3v) is 2.70. The molecule has 1 rings (SSSR count). The van der Waals surface area contributed by atoms with Gasteiger partial charge in [-0.1, -0.05) is 0 Å². The zero-order chi connectivity index (χ0) is 14.2. The molecule has 0 heterocycles. The number of hydrogen-bond acceptors (Lipinski definition) is 2. The van der Waals surface area contributed by atoms with E-state index in [9.17, 15) is 31.1 Å². The van der Waals surface area contributed by atoms with Crippen molar-refractivity contribution in [3.63, 3.8) is 0 Å². The molecule has 1 N–H and O–H groups in total. The third-order valence-electron chi connectivity index (χ3n) is 2.70. The van der Waals surface area contributed by atoms with Crippen molar-refractivity contribution in [1.29, 1.82) is 0 Å². The topological polar surface area (TPSA) is 46.5 Å². The molecule has 0 atom stereocenters. The molecule has 0 aromatic carbocycles. The maximum atomic E-state index is 12.3. The number of carboxylic acid groups (broad SMARTS) is 1. The monoisotopic (exact) mass is 280 g/mol. The van der Waals surface area contributed by atoms with E-state index in [4.69, 9.17) is 5.11 Å². The second-order valence-electron chi connectivity index (χ2n) is 4.19. The Hall–Kier alpha value is -0.990. The van der Waals surface area contributed by atoms with Crippen LogP contribution < -0.4 is 0 Å². The lowest BCUT2D eigenvalue weighted by Gasteiger charge is -2.43. The summed E-state index contributed by atoms with van der Waals surface area (Å²) in [7, 11) is 0. The van der Waals surface area contributed by atoms with Crippen molar-refractivity contribution >= 4 is 5.97 Å². The van der Waals surface area contributed by atoms with Gasteiger partial charge in [0.2, 0.25) is 6.10 Å². The normalized spacial score (nSPS) is 19.7. The molecule has 9 heteroatoms. The van der Waals surface area contributed by atoms with Gasteiger partial charge in [-0.3, -0.25) is 4.79 Å². The molecule has 1 saturated carbocycles. The molecule has 0 saturated heterocycles. The highest BCUT2D eigenvalue weighted by atomic mass is 19.4. The summed E-state index contributed by atoms with van der Waals surface area (Å²) >= 11 is 0. The summed E-state index contributed by atoms with van der Waals surface area (Å²) in [4.78, 5) is 10.4. The van der Waals surface area contributed by atoms with E-state index in [2.05, 4.69) is 4.74 Å². The lowest BCUT2D eigenvalue weighted by atomic mass is 9.77. The van der Waals surface area contributed by atoms with Gasteiger partial charge in [-0.25, -0.2) is 0 Å². The number of halogens is 6. The molecule has 0 amide bonds. The first-order valence-corrected chi connectivity index (χ1v) is 4.99. The summed E-state index contributed by atoms with van der Waals surface area (Å²) in [5.41, 5.74) is -1.86. The average Bonchev–Trinajstić information content (AvgIpc) is 2.04. The molecule has 0 spiro atoms. The molecular formula is C9H10F6O3. The maximum absolute atomic E-state index is 12.3. The first kappa shape index (κ1) is 15.1. The van der Waals surface area contributed by atoms with Crippen LogP contribution >= 0.6 is 0 Å². The third kappa shape index (κ3) is 3.50. The molecule has 1 aliphatic carbocycles. The summed E-state index contributed by atoms with van der Waals surface area (Å²) < 4.78 is 77.6. The van der Waals surface area contributed by atoms with Crippen LogP contribution in [0.3, 0.4) is 0 Å². The van der Waals surface area contributed by atoms with Crippen molar-refractivity contribution in [2.75, 3.05) is 0 Å². The highest BCUT2D eigenvalue weighted by Gasteiger charge is 2.61. The van der Waals surface area contributed by atoms with Gasteiger partial charge in [0.25, 0.3) is 0 Å². The van der Waals surface area contributed by atoms with Crippen molar-refractivity contribution in [1.82, 2.24) is 0 Å². The van der Waals surface area contributed by atoms with Crippen LogP contribution in [0.15, 0.2) is 0 Å². The molecule has 18 heavy (non-hydrogen) atoms. The highest BCUT2D eigenvalue weighted by Crippen LogP contribution is 2.45. The van der Waals surface area contributed by atoms with Gasteiger partial charge in [-0.05, 0) is 19.3 Å². The van der Waals surface area contributed by atoms with E-state index in [1.165, 1.54) is 0 Å². The molecule has 1 aliphatic rings. The minimum atomic E-state index is -5.61. The van der Waals surface area contributed by atoms with Gasteiger partial charge in [0.15, 0.2) is 0 Å². The Morgan fingerprint density at radius 3 is 1.83 bits per heavy atom. The Kier molecular flexibility index (Phi) is 3.85. The molecule has 0 aromatic heterocycles. The van der Waals surface area contributed by atoms with Crippen molar-refractivity contribution in [3.8, 4) is 0 Å². The summed E-state index contributed by atoms with van der Waals surface area (Å²) in [5, 5.41) is 8.49. The predicted octanol–water partition coefficient (Wildman–Crippen LogP) is 2.89. The Morgan fingerprint density at radius 2 is 1.61 bits per heavy atom. The number of carbonyl (C=O) groups is 1. The minimum absolute atomic E-state index is 0.123. The lowest BCUT2D eigenvalue weighted by molar-refractivity contribution is -0.352. The molecule has 3 nitrogen and oxygen atoms in total. The standard InChI is InChI=1S/C9H10F6O3/c10-8(11,12)6(9(13,14)15)18-7(2-1-3-7)4-5(16)17/h6H,1-4H2,(H,16,17). The fraction of sp³-hybridized carbons (Fsp3) is 0.889. The van der Waals surface area contributed by atoms with Gasteiger partial charge in [-0.2, -0.15) is 26.3 Å². The smallest absolute Gasteiger partial charge is 0.423 e. The molecule has 0 unspecified atom stereocenters. The van der Waals surface area contributed by atoms with Gasteiger partial charge in [0, 0.05) is 0 Å². The van der Waals surface area contributed by atoms with Crippen LogP contribution in [0.1, 0.15) is 25.7 Å². The second kappa shape index (κ2) is 4.60. The Bertz CT molecular complexity index is 303. The van der Waals surface area contributed by atoms with E-state index < -0.39 is 36.4 Å². The van der Waals surface area contributed by atoms with E-state index in [0.717, 1.165) is 0 Å². The van der Waals surface area contributed by atoms with E-state index >= 15 is 0 Å². The Balaban J connectivity index is 2.86. The van der Waals surface area contributed by atoms with Gasteiger partial charge < -0.3 is 9.84 Å². The van der Waals surface area contributed by atoms with Crippen molar-refractivity contribution < 1.29 is 41.0 Å². The van der Waals surface area contributed by atoms with Gasteiger partial charge in [0.05, 0.1) is 12.0 Å². The Labute approximate surface area is 97.7 Å². The van der Waals surface area contributed by atoms with Gasteiger partial charge in [0.1, 0.15) is 0 Å². The van der Waals surface area contributed by atoms with Crippen molar-refractivity contribution in [3.05, 3.63) is 0 Å². The van der Waals surface area contributed by atoms with Gasteiger partial charge >= 0.3 is 18.3 Å². The van der Waals surface area contributed by atoms with E-state index in [-0.39, 0.29) is 12.8 Å². The maximum Gasteiger partial charge on any atom is 0.423 e. The SMILES string of the molecule is O=C(O)CC1(OC(C(F)(F)F)C(F)(F)F)CCC1. The van der Waals surface area contributed by atoms with Crippen LogP contribution in [-0.2, 0) is 9.53 Å². The number of alkyl halides is 6. The fourth-order valence-corrected chi connectivity index (χ4v) is 1.75. The molecular weight excluding hydrogens is 270 g/mol. The van der Waals surface area contributed by atoms with Crippen LogP contribution in [0.25, 0.3) is 0 Å². The zero-order valence-corrected chi connectivity index (χ0v) is 8.94. The van der Waals surface area contributed by atoms with E-state index in [1.807, 2.05) is 0 Å². The van der Waals surface area contributed by atoms with Crippen LogP contribution in [0.2, 0.25) is 0 Å². The highest BCUT2D eigenvalue weighted by molar-refractivity contribution is 5.68. The second-order valence-corrected chi connectivity index (χ2v) is 4.19. The fourth-order valence-electron chi connectivity index (χ4n) is 1.75. The van der Waals surface area contributed by atoms with E-state index in [0.29, 0.717) is 6.42 Å². The summed E-state index contributed by atoms with van der Waals surface area (Å²) in [6, 6.07) is 0. The van der Waals surface area contributed by atoms with Crippen LogP contribution in [0.5, 0.6) is 0 Å². The molecule has 106 valence electrons. The quantitative estimate of drug-likeness (QED) is 0.805. The number of aliphatic carboxylic acids is 1. The molecule has 0 aromatic rings. The average molecular weight is 280 g/mol. The summed E-state index contributed by atoms with van der Waals surface area (Å²) in [5.74, 6) is -1.49. The van der Waals surface area contributed by atoms with Crippen LogP contribution in [0.4, 0.5) is 26.3 Å². The zero-order valence-electron chi connectivity index (χ0n) is 8.94. The van der Waals surface area contributed by atoms with Gasteiger partial charge in [-0.15, -0.1) is 0 Å². The molecule has 0 bridgehead atoms. The number of ether oxygens (including phenoxy) is 1. The number of hydrogen-bond donors (Lipinski definition) is 1. The van der Waals surface area contributed by atoms with Crippen LogP contribution in [-0.4, -0.2) is 35.1 Å². The molecule has 1 fully saturated rings.